The van der Waals surface area contributed by atoms with Gasteiger partial charge in [0.05, 0.1) is 0 Å². The molecule has 1 aromatic carbocycles. The summed E-state index contributed by atoms with van der Waals surface area (Å²) in [7, 11) is 0. The topological polar surface area (TPSA) is 52.0 Å². The van der Waals surface area contributed by atoms with Gasteiger partial charge in [-0.1, -0.05) is 24.3 Å². The van der Waals surface area contributed by atoms with Gasteiger partial charge in [-0.2, -0.15) is 0 Å². The zero-order chi connectivity index (χ0) is 8.55. The van der Waals surface area contributed by atoms with Crippen molar-refractivity contribution in [2.75, 3.05) is 6.54 Å². The van der Waals surface area contributed by atoms with Crippen LogP contribution in [0.1, 0.15) is 17.0 Å². The van der Waals surface area contributed by atoms with Crippen LogP contribution in [0.25, 0.3) is 0 Å². The summed E-state index contributed by atoms with van der Waals surface area (Å²) in [4.78, 5) is 0. The predicted molar refractivity (Wildman–Crippen MR) is 49.9 cm³/mol. The number of hydrogen-bond donors (Lipinski definition) is 2. The van der Waals surface area contributed by atoms with E-state index in [2.05, 4.69) is 24.3 Å². The van der Waals surface area contributed by atoms with Crippen LogP contribution in [0, 0.1) is 0 Å². The number of fused-ring (bicyclic) bond motifs is 1. The van der Waals surface area contributed by atoms with Crippen LogP contribution in [0.2, 0.25) is 0 Å². The van der Waals surface area contributed by atoms with Crippen LogP contribution in [0.15, 0.2) is 24.3 Å². The second-order valence-electron chi connectivity index (χ2n) is 3.41. The molecular formula is C10H14N2. The van der Waals surface area contributed by atoms with E-state index in [1.807, 2.05) is 0 Å². The first kappa shape index (κ1) is 7.77. The normalized spacial score (nSPS) is 27.2. The Morgan fingerprint density at radius 3 is 2.83 bits per heavy atom. The van der Waals surface area contributed by atoms with E-state index >= 15 is 0 Å². The summed E-state index contributed by atoms with van der Waals surface area (Å²) in [6.07, 6.45) is 0.984. The average Bonchev–Trinajstić information content (AvgIpc) is 2.40. The molecule has 1 aliphatic rings. The molecule has 12 heavy (non-hydrogen) atoms. The number of benzene rings is 1. The Morgan fingerprint density at radius 2 is 2.08 bits per heavy atom. The van der Waals surface area contributed by atoms with Crippen molar-refractivity contribution in [1.29, 1.82) is 0 Å². The van der Waals surface area contributed by atoms with Gasteiger partial charge < -0.3 is 11.5 Å². The fraction of sp³-hybridized carbons (Fsp3) is 0.400. The summed E-state index contributed by atoms with van der Waals surface area (Å²) in [5.74, 6) is 0.376. The molecule has 0 saturated heterocycles. The maximum absolute atomic E-state index is 5.96. The Balaban J connectivity index is 2.40. The zero-order valence-corrected chi connectivity index (χ0v) is 7.03. The minimum Gasteiger partial charge on any atom is -0.330 e. The van der Waals surface area contributed by atoms with Crippen molar-refractivity contribution < 1.29 is 0 Å². The lowest BCUT2D eigenvalue weighted by molar-refractivity contribution is 0.581. The summed E-state index contributed by atoms with van der Waals surface area (Å²) in [6, 6.07) is 8.63. The van der Waals surface area contributed by atoms with Gasteiger partial charge in [-0.15, -0.1) is 0 Å². The summed E-state index contributed by atoms with van der Waals surface area (Å²) in [6.45, 7) is 0.665. The van der Waals surface area contributed by atoms with E-state index in [1.165, 1.54) is 11.1 Å². The van der Waals surface area contributed by atoms with E-state index in [0.717, 1.165) is 6.42 Å². The molecule has 2 rings (SSSR count). The van der Waals surface area contributed by atoms with Gasteiger partial charge in [0.1, 0.15) is 0 Å². The highest BCUT2D eigenvalue weighted by Crippen LogP contribution is 2.30. The van der Waals surface area contributed by atoms with Gasteiger partial charge in [0.2, 0.25) is 0 Å². The van der Waals surface area contributed by atoms with Crippen molar-refractivity contribution >= 4 is 0 Å². The highest BCUT2D eigenvalue weighted by atomic mass is 14.7. The molecule has 64 valence electrons. The van der Waals surface area contributed by atoms with Crippen LogP contribution in [0.5, 0.6) is 0 Å². The monoisotopic (exact) mass is 162 g/mol. The second-order valence-corrected chi connectivity index (χ2v) is 3.41. The lowest BCUT2D eigenvalue weighted by Gasteiger charge is -2.13. The Morgan fingerprint density at radius 1 is 1.33 bits per heavy atom. The van der Waals surface area contributed by atoms with Crippen LogP contribution in [-0.4, -0.2) is 12.6 Å². The maximum atomic E-state index is 5.96. The number of nitrogens with two attached hydrogens (primary N) is 2. The fourth-order valence-corrected chi connectivity index (χ4v) is 2.01. The Kier molecular flexibility index (Phi) is 1.87. The van der Waals surface area contributed by atoms with E-state index < -0.39 is 0 Å². The molecule has 2 atom stereocenters. The molecule has 0 aliphatic heterocycles. The van der Waals surface area contributed by atoms with Gasteiger partial charge in [0, 0.05) is 18.5 Å². The molecule has 2 nitrogen and oxygen atoms in total. The molecule has 1 aliphatic carbocycles. The standard InChI is InChI=1S/C10H14N2/c11-6-9-8-4-2-1-3-7(8)5-10(9)12/h1-4,9-10H,5-6,11-12H2/t9-,10+/m0/s1. The molecule has 0 unspecified atom stereocenters. The van der Waals surface area contributed by atoms with Crippen LogP contribution in [0.4, 0.5) is 0 Å². The minimum atomic E-state index is 0.229. The van der Waals surface area contributed by atoms with Gasteiger partial charge in [-0.05, 0) is 17.5 Å². The number of rotatable bonds is 1. The first-order valence-corrected chi connectivity index (χ1v) is 4.36. The molecule has 2 heteroatoms. The molecular weight excluding hydrogens is 148 g/mol. The minimum absolute atomic E-state index is 0.229. The quantitative estimate of drug-likeness (QED) is 0.635. The molecule has 1 aromatic rings. The van der Waals surface area contributed by atoms with Crippen molar-refractivity contribution in [1.82, 2.24) is 0 Å². The Hall–Kier alpha value is -0.860. The summed E-state index contributed by atoms with van der Waals surface area (Å²) < 4.78 is 0. The molecule has 0 amide bonds. The van der Waals surface area contributed by atoms with E-state index in [-0.39, 0.29) is 6.04 Å². The third kappa shape index (κ3) is 1.04. The zero-order valence-electron chi connectivity index (χ0n) is 7.03. The van der Waals surface area contributed by atoms with Gasteiger partial charge >= 0.3 is 0 Å². The molecule has 0 radical (unpaired) electrons. The lowest BCUT2D eigenvalue weighted by atomic mass is 9.99. The summed E-state index contributed by atoms with van der Waals surface area (Å²) in [5, 5.41) is 0. The lowest BCUT2D eigenvalue weighted by Crippen LogP contribution is -2.29. The van der Waals surface area contributed by atoms with E-state index in [4.69, 9.17) is 11.5 Å². The summed E-state index contributed by atoms with van der Waals surface area (Å²) >= 11 is 0. The largest absolute Gasteiger partial charge is 0.330 e. The summed E-state index contributed by atoms with van der Waals surface area (Å²) in [5.41, 5.74) is 14.3. The van der Waals surface area contributed by atoms with Gasteiger partial charge in [-0.3, -0.25) is 0 Å². The highest BCUT2D eigenvalue weighted by Gasteiger charge is 2.27. The van der Waals surface area contributed by atoms with E-state index in [9.17, 15) is 0 Å². The van der Waals surface area contributed by atoms with Crippen molar-refractivity contribution in [3.63, 3.8) is 0 Å². The molecule has 0 heterocycles. The van der Waals surface area contributed by atoms with Crippen LogP contribution in [-0.2, 0) is 6.42 Å². The van der Waals surface area contributed by atoms with Gasteiger partial charge in [0.25, 0.3) is 0 Å². The van der Waals surface area contributed by atoms with Gasteiger partial charge in [0.15, 0.2) is 0 Å². The highest BCUT2D eigenvalue weighted by molar-refractivity contribution is 5.37. The Bertz CT molecular complexity index is 283. The molecule has 0 saturated carbocycles. The fourth-order valence-electron chi connectivity index (χ4n) is 2.01. The average molecular weight is 162 g/mol. The van der Waals surface area contributed by atoms with Gasteiger partial charge in [-0.25, -0.2) is 0 Å². The van der Waals surface area contributed by atoms with E-state index in [0.29, 0.717) is 12.5 Å². The van der Waals surface area contributed by atoms with Crippen molar-refractivity contribution in [2.24, 2.45) is 11.5 Å². The molecule has 4 N–H and O–H groups in total. The third-order valence-electron chi connectivity index (χ3n) is 2.68. The molecule has 0 spiro atoms. The molecule has 0 aromatic heterocycles. The van der Waals surface area contributed by atoms with Crippen molar-refractivity contribution in [3.05, 3.63) is 35.4 Å². The van der Waals surface area contributed by atoms with Crippen molar-refractivity contribution in [3.8, 4) is 0 Å². The molecule has 0 bridgehead atoms. The number of hydrogen-bond acceptors (Lipinski definition) is 2. The first-order valence-electron chi connectivity index (χ1n) is 4.36. The first-order chi connectivity index (χ1) is 5.83. The van der Waals surface area contributed by atoms with Crippen LogP contribution < -0.4 is 11.5 Å². The SMILES string of the molecule is NC[C@H]1c2ccccc2C[C@H]1N. The third-order valence-corrected chi connectivity index (χ3v) is 2.68. The smallest absolute Gasteiger partial charge is 0.0161 e. The predicted octanol–water partition coefficient (Wildman–Crippen LogP) is 0.612. The second kappa shape index (κ2) is 2.88. The molecule has 0 fully saturated rings. The maximum Gasteiger partial charge on any atom is 0.0161 e. The van der Waals surface area contributed by atoms with Crippen LogP contribution >= 0.6 is 0 Å². The Labute approximate surface area is 72.6 Å². The van der Waals surface area contributed by atoms with Crippen molar-refractivity contribution in [2.45, 2.75) is 18.4 Å². The van der Waals surface area contributed by atoms with E-state index in [1.54, 1.807) is 0 Å². The van der Waals surface area contributed by atoms with Crippen LogP contribution in [0.3, 0.4) is 0 Å².